The maximum absolute atomic E-state index is 12.8. The molecule has 0 radical (unpaired) electrons. The zero-order valence-corrected chi connectivity index (χ0v) is 22.2. The van der Waals surface area contributed by atoms with Crippen LogP contribution in [0.1, 0.15) is 69.5 Å². The van der Waals surface area contributed by atoms with Crippen molar-refractivity contribution in [1.82, 2.24) is 14.9 Å². The number of benzene rings is 1. The lowest BCUT2D eigenvalue weighted by atomic mass is 9.77. The maximum atomic E-state index is 12.8. The van der Waals surface area contributed by atoms with Gasteiger partial charge in [-0.1, -0.05) is 26.7 Å². The lowest BCUT2D eigenvalue weighted by Crippen LogP contribution is -2.53. The molecule has 1 aromatic carbocycles. The van der Waals surface area contributed by atoms with Crippen molar-refractivity contribution in [3.63, 3.8) is 0 Å². The number of piperazine rings is 1. The van der Waals surface area contributed by atoms with Crippen molar-refractivity contribution in [2.24, 2.45) is 17.6 Å². The first-order valence-electron chi connectivity index (χ1n) is 13.9. The van der Waals surface area contributed by atoms with Crippen molar-refractivity contribution in [2.75, 3.05) is 36.4 Å². The monoisotopic (exact) mass is 504 g/mol. The van der Waals surface area contributed by atoms with E-state index < -0.39 is 6.04 Å². The highest BCUT2D eigenvalue weighted by atomic mass is 16.2. The fourth-order valence-corrected chi connectivity index (χ4v) is 6.20. The Balaban J connectivity index is 1.20. The molecule has 1 saturated carbocycles. The molecule has 3 N–H and O–H groups in total. The Morgan fingerprint density at radius 2 is 1.78 bits per heavy atom. The van der Waals surface area contributed by atoms with Crippen molar-refractivity contribution in [2.45, 2.75) is 70.8 Å². The van der Waals surface area contributed by atoms with E-state index in [2.05, 4.69) is 41.2 Å². The second kappa shape index (κ2) is 11.2. The molecule has 1 aromatic heterocycles. The number of nitrogens with two attached hydrogens (primary N) is 1. The summed E-state index contributed by atoms with van der Waals surface area (Å²) in [5, 5.41) is 3.34. The lowest BCUT2D eigenvalue weighted by molar-refractivity contribution is -0.133. The standard InChI is InChI=1S/C29H40N6O2/c1-19(2)17-24(30)28(37)35-15-13-34(14-16-35)23-10-8-22(9-11-23)32-29-31-18-21-7-12-25(36)26(27(21)33-29)20-5-3-4-6-20/h8-11,18-20,24,26H,3-7,12-17,30H2,1-2H3,(H,31,32,33). The van der Waals surface area contributed by atoms with Gasteiger partial charge in [0.05, 0.1) is 17.7 Å². The van der Waals surface area contributed by atoms with Gasteiger partial charge in [0.2, 0.25) is 11.9 Å². The van der Waals surface area contributed by atoms with Gasteiger partial charge < -0.3 is 20.9 Å². The summed E-state index contributed by atoms with van der Waals surface area (Å²) < 4.78 is 0. The molecular formula is C29H40N6O2. The zero-order valence-electron chi connectivity index (χ0n) is 22.2. The summed E-state index contributed by atoms with van der Waals surface area (Å²) in [5.74, 6) is 1.73. The molecule has 2 heterocycles. The second-order valence-electron chi connectivity index (χ2n) is 11.3. The van der Waals surface area contributed by atoms with Gasteiger partial charge in [0.25, 0.3) is 0 Å². The van der Waals surface area contributed by atoms with Gasteiger partial charge in [0, 0.05) is 50.2 Å². The van der Waals surface area contributed by atoms with E-state index in [-0.39, 0.29) is 11.8 Å². The molecule has 0 spiro atoms. The Kier molecular flexibility index (Phi) is 7.74. The van der Waals surface area contributed by atoms with Gasteiger partial charge in [-0.15, -0.1) is 0 Å². The first-order valence-corrected chi connectivity index (χ1v) is 13.9. The summed E-state index contributed by atoms with van der Waals surface area (Å²) in [6, 6.07) is 7.84. The quantitative estimate of drug-likeness (QED) is 0.587. The maximum Gasteiger partial charge on any atom is 0.239 e. The minimum atomic E-state index is -0.408. The van der Waals surface area contributed by atoms with Crippen LogP contribution >= 0.6 is 0 Å². The van der Waals surface area contributed by atoms with Crippen LogP contribution in [0.5, 0.6) is 0 Å². The van der Waals surface area contributed by atoms with Crippen molar-refractivity contribution in [3.8, 4) is 0 Å². The molecule has 2 fully saturated rings. The molecule has 5 rings (SSSR count). The molecule has 0 bridgehead atoms. The molecule has 1 amide bonds. The van der Waals surface area contributed by atoms with Crippen molar-refractivity contribution >= 4 is 29.0 Å². The minimum absolute atomic E-state index is 0.0646. The number of rotatable bonds is 7. The Bertz CT molecular complexity index is 1100. The Labute approximate surface area is 220 Å². The van der Waals surface area contributed by atoms with Gasteiger partial charge in [-0.2, -0.15) is 0 Å². The number of fused-ring (bicyclic) bond motifs is 1. The van der Waals surface area contributed by atoms with Gasteiger partial charge >= 0.3 is 0 Å². The van der Waals surface area contributed by atoms with E-state index in [1.54, 1.807) is 0 Å². The predicted molar refractivity (Wildman–Crippen MR) is 146 cm³/mol. The number of aryl methyl sites for hydroxylation is 1. The highest BCUT2D eigenvalue weighted by Crippen LogP contribution is 2.41. The lowest BCUT2D eigenvalue weighted by Gasteiger charge is -2.37. The van der Waals surface area contributed by atoms with Crippen LogP contribution in [0, 0.1) is 11.8 Å². The van der Waals surface area contributed by atoms with Crippen molar-refractivity contribution < 1.29 is 9.59 Å². The van der Waals surface area contributed by atoms with Crippen LogP contribution in [0.15, 0.2) is 30.5 Å². The average molecular weight is 505 g/mol. The highest BCUT2D eigenvalue weighted by molar-refractivity contribution is 5.88. The van der Waals surface area contributed by atoms with Crippen LogP contribution in [0.25, 0.3) is 0 Å². The number of Topliss-reactive ketones (excluding diaryl/α,β-unsaturated/α-hetero) is 1. The van der Waals surface area contributed by atoms with E-state index in [4.69, 9.17) is 10.7 Å². The Morgan fingerprint density at radius 1 is 1.08 bits per heavy atom. The summed E-state index contributed by atoms with van der Waals surface area (Å²) in [6.07, 6.45) is 8.65. The zero-order chi connectivity index (χ0) is 25.9. The largest absolute Gasteiger partial charge is 0.368 e. The summed E-state index contributed by atoms with van der Waals surface area (Å²) in [4.78, 5) is 39.1. The molecule has 2 aliphatic carbocycles. The molecule has 198 valence electrons. The van der Waals surface area contributed by atoms with E-state index in [1.165, 1.54) is 12.8 Å². The smallest absolute Gasteiger partial charge is 0.239 e. The summed E-state index contributed by atoms with van der Waals surface area (Å²) in [5.41, 5.74) is 10.2. The third-order valence-corrected chi connectivity index (χ3v) is 8.17. The van der Waals surface area contributed by atoms with Crippen molar-refractivity contribution in [1.29, 1.82) is 0 Å². The van der Waals surface area contributed by atoms with Crippen LogP contribution in [0.3, 0.4) is 0 Å². The number of ketones is 1. The van der Waals surface area contributed by atoms with E-state index in [1.807, 2.05) is 23.2 Å². The van der Waals surface area contributed by atoms with Crippen molar-refractivity contribution in [3.05, 3.63) is 41.7 Å². The van der Waals surface area contributed by atoms with Gasteiger partial charge in [0.15, 0.2) is 0 Å². The second-order valence-corrected chi connectivity index (χ2v) is 11.3. The van der Waals surface area contributed by atoms with Crippen LogP contribution < -0.4 is 16.0 Å². The molecule has 8 heteroatoms. The summed E-state index contributed by atoms with van der Waals surface area (Å²) in [6.45, 7) is 7.14. The number of carbonyl (C=O) groups excluding carboxylic acids is 2. The fourth-order valence-electron chi connectivity index (χ4n) is 6.20. The number of carbonyl (C=O) groups is 2. The summed E-state index contributed by atoms with van der Waals surface area (Å²) >= 11 is 0. The normalized spacial score (nSPS) is 21.3. The minimum Gasteiger partial charge on any atom is -0.368 e. The Hall–Kier alpha value is -3.00. The van der Waals surface area contributed by atoms with E-state index in [0.29, 0.717) is 43.1 Å². The first kappa shape index (κ1) is 25.6. The average Bonchev–Trinajstić information content (AvgIpc) is 3.43. The fraction of sp³-hybridized carbons (Fsp3) is 0.586. The number of nitrogens with one attached hydrogen (secondary N) is 1. The van der Waals surface area contributed by atoms with Gasteiger partial charge in [-0.3, -0.25) is 9.59 Å². The topological polar surface area (TPSA) is 104 Å². The van der Waals surface area contributed by atoms with E-state index in [0.717, 1.165) is 61.4 Å². The van der Waals surface area contributed by atoms with Gasteiger partial charge in [0.1, 0.15) is 5.78 Å². The van der Waals surface area contributed by atoms with Crippen LogP contribution in [0.2, 0.25) is 0 Å². The number of nitrogens with zero attached hydrogens (tertiary/aromatic N) is 4. The van der Waals surface area contributed by atoms with E-state index >= 15 is 0 Å². The van der Waals surface area contributed by atoms with Gasteiger partial charge in [-0.25, -0.2) is 9.97 Å². The molecule has 1 aliphatic heterocycles. The number of anilines is 3. The molecule has 37 heavy (non-hydrogen) atoms. The van der Waals surface area contributed by atoms with Crippen LogP contribution in [0.4, 0.5) is 17.3 Å². The molecule has 2 unspecified atom stereocenters. The van der Waals surface area contributed by atoms with E-state index in [9.17, 15) is 9.59 Å². The van der Waals surface area contributed by atoms with Gasteiger partial charge in [-0.05, 0) is 67.3 Å². The molecular weight excluding hydrogens is 464 g/mol. The number of aromatic nitrogens is 2. The SMILES string of the molecule is CC(C)CC(N)C(=O)N1CCN(c2ccc(Nc3ncc4c(n3)C(C3CCCC3)C(=O)CC4)cc2)CC1. The Morgan fingerprint density at radius 3 is 2.46 bits per heavy atom. The highest BCUT2D eigenvalue weighted by Gasteiger charge is 2.37. The van der Waals surface area contributed by atoms with Crippen LogP contribution in [-0.4, -0.2) is 58.8 Å². The molecule has 2 atom stereocenters. The number of hydrogen-bond donors (Lipinski definition) is 2. The third kappa shape index (κ3) is 5.79. The number of amides is 1. The molecule has 1 saturated heterocycles. The first-order chi connectivity index (χ1) is 17.9. The van der Waals surface area contributed by atoms with Crippen LogP contribution in [-0.2, 0) is 16.0 Å². The predicted octanol–water partition coefficient (Wildman–Crippen LogP) is 4.03. The molecule has 2 aromatic rings. The molecule has 3 aliphatic rings. The number of hydrogen-bond acceptors (Lipinski definition) is 7. The summed E-state index contributed by atoms with van der Waals surface area (Å²) in [7, 11) is 0. The molecule has 8 nitrogen and oxygen atoms in total. The third-order valence-electron chi connectivity index (χ3n) is 8.17.